The Morgan fingerprint density at radius 1 is 1.43 bits per heavy atom. The number of nitrogens with one attached hydrogen (secondary N) is 1. The summed E-state index contributed by atoms with van der Waals surface area (Å²) in [6.07, 6.45) is 5.96. The fourth-order valence-corrected chi connectivity index (χ4v) is 4.62. The Hall–Kier alpha value is -0.530. The highest BCUT2D eigenvalue weighted by molar-refractivity contribution is 7.09. The maximum absolute atomic E-state index is 5.97. The Balaban J connectivity index is 1.79. The van der Waals surface area contributed by atoms with Gasteiger partial charge in [0.2, 0.25) is 0 Å². The van der Waals surface area contributed by atoms with Gasteiger partial charge >= 0.3 is 0 Å². The van der Waals surface area contributed by atoms with Crippen LogP contribution in [0.25, 0.3) is 0 Å². The van der Waals surface area contributed by atoms with E-state index in [1.165, 1.54) is 31.4 Å². The van der Waals surface area contributed by atoms with Gasteiger partial charge in [-0.15, -0.1) is 11.3 Å². The Bertz CT molecular complexity index is 452. The van der Waals surface area contributed by atoms with Gasteiger partial charge < -0.3 is 4.74 Å². The fraction of sp³-hybridized carbons (Fsp3) is 0.800. The molecule has 21 heavy (non-hydrogen) atoms. The van der Waals surface area contributed by atoms with Gasteiger partial charge in [0.15, 0.2) is 0 Å². The highest BCUT2D eigenvalue weighted by Crippen LogP contribution is 2.39. The van der Waals surface area contributed by atoms with E-state index in [0.29, 0.717) is 0 Å². The second-order valence-electron chi connectivity index (χ2n) is 6.19. The molecular formula is C15H26N4OS. The summed E-state index contributed by atoms with van der Waals surface area (Å²) in [5, 5.41) is 3.30. The van der Waals surface area contributed by atoms with Crippen LogP contribution in [0.2, 0.25) is 0 Å². The molecule has 118 valence electrons. The van der Waals surface area contributed by atoms with E-state index in [1.807, 2.05) is 0 Å². The summed E-state index contributed by atoms with van der Waals surface area (Å²) in [5.41, 5.74) is 4.47. The third-order valence-electron chi connectivity index (χ3n) is 5.04. The number of ether oxygens (including phenoxy) is 1. The number of morpholine rings is 1. The highest BCUT2D eigenvalue weighted by atomic mass is 32.1. The molecule has 0 bridgehead atoms. The molecule has 1 unspecified atom stereocenters. The lowest BCUT2D eigenvalue weighted by molar-refractivity contribution is -0.0358. The molecule has 1 aliphatic heterocycles. The molecule has 0 spiro atoms. The maximum atomic E-state index is 5.97. The molecule has 0 amide bonds. The molecule has 2 fully saturated rings. The molecule has 1 saturated heterocycles. The summed E-state index contributed by atoms with van der Waals surface area (Å²) < 4.78 is 5.54. The predicted octanol–water partition coefficient (Wildman–Crippen LogP) is 1.47. The van der Waals surface area contributed by atoms with Crippen molar-refractivity contribution in [2.45, 2.75) is 50.6 Å². The van der Waals surface area contributed by atoms with E-state index < -0.39 is 0 Å². The summed E-state index contributed by atoms with van der Waals surface area (Å²) in [4.78, 5) is 7.24. The Morgan fingerprint density at radius 2 is 2.14 bits per heavy atom. The first kappa shape index (κ1) is 15.4. The number of nitrogens with two attached hydrogens (primary N) is 1. The van der Waals surface area contributed by atoms with Crippen LogP contribution >= 0.6 is 11.3 Å². The van der Waals surface area contributed by atoms with Crippen LogP contribution in [-0.2, 0) is 11.2 Å². The van der Waals surface area contributed by atoms with Crippen LogP contribution in [-0.4, -0.2) is 47.8 Å². The molecule has 6 heteroatoms. The van der Waals surface area contributed by atoms with Crippen molar-refractivity contribution < 1.29 is 4.74 Å². The lowest BCUT2D eigenvalue weighted by Gasteiger charge is -2.48. The molecule has 3 rings (SSSR count). The van der Waals surface area contributed by atoms with Crippen LogP contribution in [0.1, 0.15) is 36.4 Å². The zero-order valence-corrected chi connectivity index (χ0v) is 13.6. The average Bonchev–Trinajstić information content (AvgIpc) is 3.15. The van der Waals surface area contributed by atoms with E-state index >= 15 is 0 Å². The smallest absolute Gasteiger partial charge is 0.0897 e. The number of hydrogen-bond acceptors (Lipinski definition) is 6. The monoisotopic (exact) mass is 310 g/mol. The van der Waals surface area contributed by atoms with Gasteiger partial charge in [0.25, 0.3) is 0 Å². The SMILES string of the molecule is Cc1nc(CC(NN)C2(N3CCOCC3)CCCC2)cs1. The summed E-state index contributed by atoms with van der Waals surface area (Å²) >= 11 is 1.72. The van der Waals surface area contributed by atoms with Gasteiger partial charge in [-0.25, -0.2) is 4.98 Å². The van der Waals surface area contributed by atoms with Crippen molar-refractivity contribution in [3.8, 4) is 0 Å². The molecule has 0 aromatic carbocycles. The van der Waals surface area contributed by atoms with E-state index in [1.54, 1.807) is 11.3 Å². The first-order valence-electron chi connectivity index (χ1n) is 7.94. The van der Waals surface area contributed by atoms with Gasteiger partial charge in [-0.1, -0.05) is 12.8 Å². The van der Waals surface area contributed by atoms with Crippen LogP contribution < -0.4 is 11.3 Å². The highest BCUT2D eigenvalue weighted by Gasteiger charge is 2.46. The molecule has 1 aromatic rings. The van der Waals surface area contributed by atoms with Gasteiger partial charge in [0.1, 0.15) is 0 Å². The Morgan fingerprint density at radius 3 is 2.71 bits per heavy atom. The molecule has 2 heterocycles. The van der Waals surface area contributed by atoms with Gasteiger partial charge in [0.05, 0.1) is 23.9 Å². The number of thiazole rings is 1. The van der Waals surface area contributed by atoms with Crippen LogP contribution in [0.3, 0.4) is 0 Å². The second kappa shape index (κ2) is 6.71. The molecule has 1 saturated carbocycles. The number of hydrazine groups is 1. The molecule has 5 nitrogen and oxygen atoms in total. The van der Waals surface area contributed by atoms with Gasteiger partial charge in [0, 0.05) is 36.5 Å². The molecule has 3 N–H and O–H groups in total. The third-order valence-corrected chi connectivity index (χ3v) is 5.86. The molecule has 2 aliphatic rings. The van der Waals surface area contributed by atoms with Crippen LogP contribution in [0, 0.1) is 6.92 Å². The molecule has 1 atom stereocenters. The van der Waals surface area contributed by atoms with Crippen molar-refractivity contribution in [3.05, 3.63) is 16.1 Å². The van der Waals surface area contributed by atoms with Crippen LogP contribution in [0.5, 0.6) is 0 Å². The summed E-state index contributed by atoms with van der Waals surface area (Å²) in [6.45, 7) is 5.79. The second-order valence-corrected chi connectivity index (χ2v) is 7.25. The average molecular weight is 310 g/mol. The molecular weight excluding hydrogens is 284 g/mol. The first-order valence-corrected chi connectivity index (χ1v) is 8.82. The zero-order valence-electron chi connectivity index (χ0n) is 12.8. The minimum absolute atomic E-state index is 0.177. The minimum atomic E-state index is 0.177. The van der Waals surface area contributed by atoms with Crippen molar-refractivity contribution in [1.82, 2.24) is 15.3 Å². The van der Waals surface area contributed by atoms with Crippen molar-refractivity contribution in [2.75, 3.05) is 26.3 Å². The van der Waals surface area contributed by atoms with Crippen molar-refractivity contribution in [2.24, 2.45) is 5.84 Å². The first-order chi connectivity index (χ1) is 10.2. The predicted molar refractivity (Wildman–Crippen MR) is 85.3 cm³/mol. The Labute approximate surface area is 130 Å². The van der Waals surface area contributed by atoms with E-state index in [9.17, 15) is 0 Å². The normalized spacial score (nSPS) is 24.3. The van der Waals surface area contributed by atoms with E-state index in [0.717, 1.165) is 37.7 Å². The maximum Gasteiger partial charge on any atom is 0.0897 e. The summed E-state index contributed by atoms with van der Waals surface area (Å²) in [6, 6.07) is 0.264. The van der Waals surface area contributed by atoms with Crippen LogP contribution in [0.15, 0.2) is 5.38 Å². The van der Waals surface area contributed by atoms with Crippen molar-refractivity contribution in [3.63, 3.8) is 0 Å². The van der Waals surface area contributed by atoms with E-state index in [-0.39, 0.29) is 11.6 Å². The van der Waals surface area contributed by atoms with Crippen molar-refractivity contribution >= 4 is 11.3 Å². The largest absolute Gasteiger partial charge is 0.379 e. The van der Waals surface area contributed by atoms with E-state index in [2.05, 4.69) is 27.6 Å². The van der Waals surface area contributed by atoms with Gasteiger partial charge in [-0.2, -0.15) is 0 Å². The number of hydrogen-bond donors (Lipinski definition) is 2. The standard InChI is InChI=1S/C15H26N4OS/c1-12-17-13(11-21-12)10-14(18-16)15(4-2-3-5-15)19-6-8-20-9-7-19/h11,14,18H,2-10,16H2,1H3. The Kier molecular flexibility index (Phi) is 4.91. The molecule has 0 radical (unpaired) electrons. The lowest BCUT2D eigenvalue weighted by Crippen LogP contribution is -2.64. The quantitative estimate of drug-likeness (QED) is 0.637. The van der Waals surface area contributed by atoms with Crippen LogP contribution in [0.4, 0.5) is 0 Å². The number of aromatic nitrogens is 1. The number of aryl methyl sites for hydroxylation is 1. The van der Waals surface area contributed by atoms with E-state index in [4.69, 9.17) is 10.6 Å². The molecule has 1 aromatic heterocycles. The zero-order chi connectivity index (χ0) is 14.7. The van der Waals surface area contributed by atoms with Gasteiger partial charge in [-0.05, 0) is 19.8 Å². The minimum Gasteiger partial charge on any atom is -0.379 e. The summed E-state index contributed by atoms with van der Waals surface area (Å²) in [5.74, 6) is 5.97. The third kappa shape index (κ3) is 3.14. The van der Waals surface area contributed by atoms with Gasteiger partial charge in [-0.3, -0.25) is 16.2 Å². The number of rotatable bonds is 5. The topological polar surface area (TPSA) is 63.4 Å². The van der Waals surface area contributed by atoms with Crippen molar-refractivity contribution in [1.29, 1.82) is 0 Å². The lowest BCUT2D eigenvalue weighted by atomic mass is 9.83. The summed E-state index contributed by atoms with van der Waals surface area (Å²) in [7, 11) is 0. The molecule has 1 aliphatic carbocycles. The number of nitrogens with zero attached hydrogens (tertiary/aromatic N) is 2. The fourth-order valence-electron chi connectivity index (χ4n) is 4.00.